The minimum Gasteiger partial charge on any atom is -0.508 e. The number of hydrogen-bond acceptors (Lipinski definition) is 4. The van der Waals surface area contributed by atoms with Crippen molar-refractivity contribution < 1.29 is 18.8 Å². The summed E-state index contributed by atoms with van der Waals surface area (Å²) in [5, 5.41) is 18.5. The van der Waals surface area contributed by atoms with Crippen molar-refractivity contribution in [2.75, 3.05) is 0 Å². The molecule has 0 aliphatic rings. The van der Waals surface area contributed by atoms with E-state index in [1.165, 1.54) is 19.1 Å². The number of rotatable bonds is 1. The molecule has 0 spiro atoms. The van der Waals surface area contributed by atoms with Gasteiger partial charge in [0.2, 0.25) is 0 Å². The Kier molecular flexibility index (Phi) is 2.77. The summed E-state index contributed by atoms with van der Waals surface area (Å²) in [5.41, 5.74) is 0.406. The Hall–Kier alpha value is -1.23. The van der Waals surface area contributed by atoms with Crippen molar-refractivity contribution in [2.24, 2.45) is 0 Å². The van der Waals surface area contributed by atoms with E-state index in [2.05, 4.69) is 20.1 Å². The van der Waals surface area contributed by atoms with Crippen LogP contribution in [0.1, 0.15) is 15.9 Å². The van der Waals surface area contributed by atoms with E-state index in [1.54, 1.807) is 0 Å². The van der Waals surface area contributed by atoms with Crippen molar-refractivity contribution in [1.29, 1.82) is 0 Å². The minimum atomic E-state index is -0.675. The standard InChI is InChI=1S/C8H7BrO4/c1-4-6(10)2-5(3-7(4)11)8(12)13-9/h2-3,10-11H,1H3. The average Bonchev–Trinajstić information content (AvgIpc) is 2.12. The van der Waals surface area contributed by atoms with Crippen LogP contribution in [0.15, 0.2) is 12.1 Å². The average molecular weight is 247 g/mol. The van der Waals surface area contributed by atoms with E-state index in [9.17, 15) is 15.0 Å². The summed E-state index contributed by atoms with van der Waals surface area (Å²) in [6, 6.07) is 2.44. The molecule has 0 amide bonds. The van der Waals surface area contributed by atoms with Gasteiger partial charge in [0.15, 0.2) is 16.3 Å². The molecule has 13 heavy (non-hydrogen) atoms. The molecule has 0 fully saturated rings. The van der Waals surface area contributed by atoms with Crippen LogP contribution in [0, 0.1) is 6.92 Å². The molecule has 1 aromatic carbocycles. The predicted molar refractivity (Wildman–Crippen MR) is 48.9 cm³/mol. The topological polar surface area (TPSA) is 66.8 Å². The van der Waals surface area contributed by atoms with Gasteiger partial charge in [-0.1, -0.05) is 0 Å². The van der Waals surface area contributed by atoms with Gasteiger partial charge in [-0.2, -0.15) is 0 Å². The molecule has 4 nitrogen and oxygen atoms in total. The molecule has 0 aromatic heterocycles. The second-order valence-electron chi connectivity index (χ2n) is 2.50. The summed E-state index contributed by atoms with van der Waals surface area (Å²) in [4.78, 5) is 10.9. The largest absolute Gasteiger partial charge is 0.508 e. The fraction of sp³-hybridized carbons (Fsp3) is 0.125. The fourth-order valence-electron chi connectivity index (χ4n) is 0.846. The Morgan fingerprint density at radius 1 is 1.38 bits per heavy atom. The summed E-state index contributed by atoms with van der Waals surface area (Å²) in [7, 11) is 0. The molecular weight excluding hydrogens is 240 g/mol. The maximum Gasteiger partial charge on any atom is 0.349 e. The molecule has 70 valence electrons. The van der Waals surface area contributed by atoms with Crippen molar-refractivity contribution in [3.63, 3.8) is 0 Å². The number of carbonyl (C=O) groups is 1. The molecule has 0 aliphatic carbocycles. The number of hydrogen-bond donors (Lipinski definition) is 2. The van der Waals surface area contributed by atoms with Gasteiger partial charge in [-0.15, -0.1) is 0 Å². The highest BCUT2D eigenvalue weighted by molar-refractivity contribution is 9.06. The third kappa shape index (κ3) is 1.92. The summed E-state index contributed by atoms with van der Waals surface area (Å²) in [6.45, 7) is 1.54. The summed E-state index contributed by atoms with van der Waals surface area (Å²) < 4.78 is 4.24. The lowest BCUT2D eigenvalue weighted by Crippen LogP contribution is -1.97. The Labute approximate surface area is 83.2 Å². The molecule has 0 atom stereocenters. The Bertz CT molecular complexity index is 325. The van der Waals surface area contributed by atoms with Crippen molar-refractivity contribution in [2.45, 2.75) is 6.92 Å². The first-order valence-corrected chi connectivity index (χ1v) is 4.06. The first kappa shape index (κ1) is 9.85. The van der Waals surface area contributed by atoms with Crippen molar-refractivity contribution in [1.82, 2.24) is 0 Å². The van der Waals surface area contributed by atoms with Gasteiger partial charge in [0, 0.05) is 5.56 Å². The molecule has 0 bridgehead atoms. The highest BCUT2D eigenvalue weighted by Gasteiger charge is 2.11. The summed E-state index contributed by atoms with van der Waals surface area (Å²) in [5.74, 6) is -0.966. The van der Waals surface area contributed by atoms with Crippen LogP contribution in [0.25, 0.3) is 0 Å². The lowest BCUT2D eigenvalue weighted by molar-refractivity contribution is 0.0781. The van der Waals surface area contributed by atoms with Crippen molar-refractivity contribution in [3.05, 3.63) is 23.3 Å². The normalized spacial score (nSPS) is 9.69. The Balaban J connectivity index is 3.20. The van der Waals surface area contributed by atoms with Crippen molar-refractivity contribution in [3.8, 4) is 11.5 Å². The molecule has 0 saturated heterocycles. The zero-order chi connectivity index (χ0) is 10.0. The van der Waals surface area contributed by atoms with Crippen LogP contribution in [-0.2, 0) is 3.83 Å². The lowest BCUT2D eigenvalue weighted by Gasteiger charge is -2.03. The first-order chi connectivity index (χ1) is 6.06. The van der Waals surface area contributed by atoms with E-state index in [0.717, 1.165) is 0 Å². The minimum absolute atomic E-state index is 0.0810. The Morgan fingerprint density at radius 2 is 1.85 bits per heavy atom. The van der Waals surface area contributed by atoms with Gasteiger partial charge in [-0.3, -0.25) is 0 Å². The number of carbonyl (C=O) groups excluding carboxylic acids is 1. The zero-order valence-electron chi connectivity index (χ0n) is 6.74. The summed E-state index contributed by atoms with van der Waals surface area (Å²) in [6.07, 6.45) is 0. The zero-order valence-corrected chi connectivity index (χ0v) is 8.33. The van der Waals surface area contributed by atoms with Gasteiger partial charge in [-0.05, 0) is 19.1 Å². The first-order valence-electron chi connectivity index (χ1n) is 3.41. The van der Waals surface area contributed by atoms with Crippen LogP contribution in [-0.4, -0.2) is 16.2 Å². The molecule has 0 unspecified atom stereocenters. The van der Waals surface area contributed by atoms with Crippen LogP contribution in [0.4, 0.5) is 0 Å². The molecule has 5 heteroatoms. The van der Waals surface area contributed by atoms with E-state index in [1.807, 2.05) is 0 Å². The van der Waals surface area contributed by atoms with Crippen LogP contribution < -0.4 is 0 Å². The van der Waals surface area contributed by atoms with Crippen LogP contribution in [0.2, 0.25) is 0 Å². The van der Waals surface area contributed by atoms with Crippen LogP contribution in [0.3, 0.4) is 0 Å². The third-order valence-corrected chi connectivity index (χ3v) is 1.95. The highest BCUT2D eigenvalue weighted by Crippen LogP contribution is 2.27. The van der Waals surface area contributed by atoms with Gasteiger partial charge in [0.05, 0.1) is 5.56 Å². The molecule has 1 aromatic rings. The lowest BCUT2D eigenvalue weighted by atomic mass is 10.1. The molecule has 1 rings (SSSR count). The number of phenolic OH excluding ortho intramolecular Hbond substituents is 2. The molecule has 2 N–H and O–H groups in total. The van der Waals surface area contributed by atoms with Crippen LogP contribution in [0.5, 0.6) is 11.5 Å². The maximum atomic E-state index is 10.9. The molecule has 0 saturated carbocycles. The second-order valence-corrected chi connectivity index (χ2v) is 2.83. The molecular formula is C8H7BrO4. The van der Waals surface area contributed by atoms with E-state index in [-0.39, 0.29) is 17.1 Å². The van der Waals surface area contributed by atoms with E-state index >= 15 is 0 Å². The Morgan fingerprint density at radius 3 is 2.23 bits per heavy atom. The number of phenols is 2. The van der Waals surface area contributed by atoms with Gasteiger partial charge >= 0.3 is 5.97 Å². The van der Waals surface area contributed by atoms with Gasteiger partial charge in [-0.25, -0.2) is 4.79 Å². The van der Waals surface area contributed by atoms with E-state index < -0.39 is 5.97 Å². The predicted octanol–water partition coefficient (Wildman–Crippen LogP) is 1.87. The van der Waals surface area contributed by atoms with Gasteiger partial charge < -0.3 is 14.0 Å². The second kappa shape index (κ2) is 3.66. The number of halogens is 1. The monoisotopic (exact) mass is 246 g/mol. The SMILES string of the molecule is Cc1c(O)cc(C(=O)OBr)cc1O. The van der Waals surface area contributed by atoms with E-state index in [4.69, 9.17) is 0 Å². The quantitative estimate of drug-likeness (QED) is 0.794. The molecule has 0 heterocycles. The molecule has 0 aliphatic heterocycles. The highest BCUT2D eigenvalue weighted by atomic mass is 79.9. The van der Waals surface area contributed by atoms with E-state index in [0.29, 0.717) is 5.56 Å². The fourth-order valence-corrected chi connectivity index (χ4v) is 1.03. The number of aromatic hydroxyl groups is 2. The maximum absolute atomic E-state index is 10.9. The smallest absolute Gasteiger partial charge is 0.349 e. The van der Waals surface area contributed by atoms with Crippen LogP contribution >= 0.6 is 16.3 Å². The third-order valence-electron chi connectivity index (χ3n) is 1.66. The molecule has 0 radical (unpaired) electrons. The van der Waals surface area contributed by atoms with Gasteiger partial charge in [0.1, 0.15) is 11.5 Å². The summed E-state index contributed by atoms with van der Waals surface area (Å²) >= 11 is 2.51. The van der Waals surface area contributed by atoms with Gasteiger partial charge in [0.25, 0.3) is 0 Å². The number of benzene rings is 1. The van der Waals surface area contributed by atoms with Crippen molar-refractivity contribution >= 4 is 22.2 Å².